The first-order chi connectivity index (χ1) is 8.58. The second-order valence-corrected chi connectivity index (χ2v) is 4.38. The number of hydrogen-bond acceptors (Lipinski definition) is 2. The molecule has 0 spiro atoms. The second kappa shape index (κ2) is 6.89. The number of nitrogens with one attached hydrogen (secondary N) is 2. The Morgan fingerprint density at radius 2 is 2.00 bits per heavy atom. The Bertz CT molecular complexity index is 417. The average molecular weight is 250 g/mol. The van der Waals surface area contributed by atoms with Gasteiger partial charge in [0.05, 0.1) is 7.11 Å². The fourth-order valence-corrected chi connectivity index (χ4v) is 1.94. The number of urea groups is 1. The van der Waals surface area contributed by atoms with Crippen molar-refractivity contribution in [1.82, 2.24) is 10.6 Å². The Labute approximate surface area is 109 Å². The maximum Gasteiger partial charge on any atom is 0.315 e. The number of benzene rings is 1. The predicted octanol–water partition coefficient (Wildman–Crippen LogP) is 2.52. The molecule has 4 heteroatoms. The van der Waals surface area contributed by atoms with Crippen LogP contribution in [0.25, 0.3) is 0 Å². The van der Waals surface area contributed by atoms with Gasteiger partial charge < -0.3 is 15.4 Å². The number of hydrogen-bond donors (Lipinski definition) is 2. The summed E-state index contributed by atoms with van der Waals surface area (Å²) in [6.45, 7) is 7.23. The Balaban J connectivity index is 2.69. The van der Waals surface area contributed by atoms with E-state index in [2.05, 4.69) is 16.7 Å². The molecule has 100 valence electrons. The summed E-state index contributed by atoms with van der Waals surface area (Å²) in [5.41, 5.74) is 3.25. The van der Waals surface area contributed by atoms with E-state index in [4.69, 9.17) is 4.74 Å². The number of rotatable bonds is 5. The van der Waals surface area contributed by atoms with Crippen molar-refractivity contribution in [1.29, 1.82) is 0 Å². The van der Waals surface area contributed by atoms with E-state index in [9.17, 15) is 4.79 Å². The Morgan fingerprint density at radius 3 is 2.61 bits per heavy atom. The minimum Gasteiger partial charge on any atom is -0.496 e. The minimum atomic E-state index is -0.141. The summed E-state index contributed by atoms with van der Waals surface area (Å²) in [4.78, 5) is 11.5. The molecule has 4 nitrogen and oxygen atoms in total. The molecule has 0 fully saturated rings. The van der Waals surface area contributed by atoms with Gasteiger partial charge in [-0.05, 0) is 25.8 Å². The van der Waals surface area contributed by atoms with Gasteiger partial charge in [-0.25, -0.2) is 4.79 Å². The first-order valence-corrected chi connectivity index (χ1v) is 6.24. The molecule has 1 rings (SSSR count). The lowest BCUT2D eigenvalue weighted by Gasteiger charge is -2.13. The van der Waals surface area contributed by atoms with Crippen LogP contribution in [0.3, 0.4) is 0 Å². The molecule has 0 atom stereocenters. The topological polar surface area (TPSA) is 50.4 Å². The third-order valence-corrected chi connectivity index (χ3v) is 2.67. The Hall–Kier alpha value is -1.71. The Kier molecular flexibility index (Phi) is 5.49. The van der Waals surface area contributed by atoms with Crippen LogP contribution in [0.1, 0.15) is 30.0 Å². The molecule has 0 saturated carbocycles. The molecule has 18 heavy (non-hydrogen) atoms. The first kappa shape index (κ1) is 14.4. The molecular weight excluding hydrogens is 228 g/mol. The van der Waals surface area contributed by atoms with Crippen molar-refractivity contribution in [3.63, 3.8) is 0 Å². The van der Waals surface area contributed by atoms with Crippen LogP contribution in [0.5, 0.6) is 5.75 Å². The van der Waals surface area contributed by atoms with Gasteiger partial charge in [-0.3, -0.25) is 0 Å². The van der Waals surface area contributed by atoms with Crippen LogP contribution in [0, 0.1) is 13.8 Å². The van der Waals surface area contributed by atoms with E-state index in [0.717, 1.165) is 23.3 Å². The first-order valence-electron chi connectivity index (χ1n) is 6.24. The van der Waals surface area contributed by atoms with E-state index in [1.807, 2.05) is 26.8 Å². The third-order valence-electron chi connectivity index (χ3n) is 2.67. The lowest BCUT2D eigenvalue weighted by atomic mass is 10.1. The number of aryl methyl sites for hydroxylation is 2. The van der Waals surface area contributed by atoms with E-state index in [1.165, 1.54) is 5.56 Å². The van der Waals surface area contributed by atoms with E-state index >= 15 is 0 Å². The van der Waals surface area contributed by atoms with Crippen molar-refractivity contribution in [3.05, 3.63) is 28.8 Å². The average Bonchev–Trinajstić information content (AvgIpc) is 2.33. The van der Waals surface area contributed by atoms with Gasteiger partial charge in [-0.1, -0.05) is 24.6 Å². The maximum atomic E-state index is 11.5. The van der Waals surface area contributed by atoms with Crippen LogP contribution in [0.2, 0.25) is 0 Å². The summed E-state index contributed by atoms with van der Waals surface area (Å²) in [6, 6.07) is 3.96. The molecule has 2 N–H and O–H groups in total. The van der Waals surface area contributed by atoms with Crippen molar-refractivity contribution in [2.45, 2.75) is 33.7 Å². The zero-order chi connectivity index (χ0) is 13.5. The number of carbonyl (C=O) groups is 1. The van der Waals surface area contributed by atoms with Crippen LogP contribution in [0.15, 0.2) is 12.1 Å². The molecule has 0 unspecified atom stereocenters. The predicted molar refractivity (Wildman–Crippen MR) is 73.0 cm³/mol. The molecule has 0 saturated heterocycles. The number of amides is 2. The maximum absolute atomic E-state index is 11.5. The standard InChI is InChI=1S/C14H22N2O2/c1-5-6-15-14(17)16-9-12-8-10(2)7-11(3)13(12)18-4/h7-8H,5-6,9H2,1-4H3,(H2,15,16,17). The zero-order valence-corrected chi connectivity index (χ0v) is 11.6. The zero-order valence-electron chi connectivity index (χ0n) is 11.6. The minimum absolute atomic E-state index is 0.141. The summed E-state index contributed by atoms with van der Waals surface area (Å²) in [5.74, 6) is 0.844. The number of ether oxygens (including phenoxy) is 1. The van der Waals surface area contributed by atoms with Gasteiger partial charge in [0.2, 0.25) is 0 Å². The monoisotopic (exact) mass is 250 g/mol. The molecule has 0 radical (unpaired) electrons. The lowest BCUT2D eigenvalue weighted by Crippen LogP contribution is -2.35. The molecular formula is C14H22N2O2. The Morgan fingerprint density at radius 1 is 1.28 bits per heavy atom. The quantitative estimate of drug-likeness (QED) is 0.843. The molecule has 0 aromatic heterocycles. The van der Waals surface area contributed by atoms with Crippen molar-refractivity contribution >= 4 is 6.03 Å². The molecule has 1 aromatic carbocycles. The van der Waals surface area contributed by atoms with Crippen molar-refractivity contribution < 1.29 is 9.53 Å². The van der Waals surface area contributed by atoms with Gasteiger partial charge in [0.1, 0.15) is 5.75 Å². The van der Waals surface area contributed by atoms with E-state index in [0.29, 0.717) is 13.1 Å². The molecule has 1 aromatic rings. The van der Waals surface area contributed by atoms with Crippen LogP contribution in [0.4, 0.5) is 4.79 Å². The smallest absolute Gasteiger partial charge is 0.315 e. The van der Waals surface area contributed by atoms with Gasteiger partial charge in [-0.15, -0.1) is 0 Å². The highest BCUT2D eigenvalue weighted by molar-refractivity contribution is 5.73. The van der Waals surface area contributed by atoms with Gasteiger partial charge in [-0.2, -0.15) is 0 Å². The van der Waals surface area contributed by atoms with Crippen LogP contribution < -0.4 is 15.4 Å². The lowest BCUT2D eigenvalue weighted by molar-refractivity contribution is 0.240. The van der Waals surface area contributed by atoms with Crippen molar-refractivity contribution in [2.24, 2.45) is 0 Å². The molecule has 0 aliphatic carbocycles. The fraction of sp³-hybridized carbons (Fsp3) is 0.500. The highest BCUT2D eigenvalue weighted by atomic mass is 16.5. The van der Waals surface area contributed by atoms with Gasteiger partial charge in [0.15, 0.2) is 0 Å². The molecule has 0 aliphatic heterocycles. The molecule has 0 heterocycles. The normalized spacial score (nSPS) is 10.0. The van der Waals surface area contributed by atoms with Crippen LogP contribution in [-0.2, 0) is 6.54 Å². The fourth-order valence-electron chi connectivity index (χ4n) is 1.94. The number of carbonyl (C=O) groups excluding carboxylic acids is 1. The van der Waals surface area contributed by atoms with Gasteiger partial charge in [0.25, 0.3) is 0 Å². The van der Waals surface area contributed by atoms with E-state index < -0.39 is 0 Å². The summed E-state index contributed by atoms with van der Waals surface area (Å²) in [6.07, 6.45) is 0.931. The molecule has 2 amide bonds. The van der Waals surface area contributed by atoms with Crippen molar-refractivity contribution in [2.75, 3.05) is 13.7 Å². The molecule has 0 bridgehead atoms. The SMILES string of the molecule is CCCNC(=O)NCc1cc(C)cc(C)c1OC. The summed E-state index contributed by atoms with van der Waals surface area (Å²) >= 11 is 0. The van der Waals surface area contributed by atoms with E-state index in [-0.39, 0.29) is 6.03 Å². The van der Waals surface area contributed by atoms with Crippen molar-refractivity contribution in [3.8, 4) is 5.75 Å². The number of methoxy groups -OCH3 is 1. The summed E-state index contributed by atoms with van der Waals surface area (Å²) in [7, 11) is 1.65. The second-order valence-electron chi connectivity index (χ2n) is 4.38. The van der Waals surface area contributed by atoms with Crippen LogP contribution >= 0.6 is 0 Å². The van der Waals surface area contributed by atoms with E-state index in [1.54, 1.807) is 7.11 Å². The summed E-state index contributed by atoms with van der Waals surface area (Å²) < 4.78 is 5.37. The molecule has 0 aliphatic rings. The highest BCUT2D eigenvalue weighted by Gasteiger charge is 2.08. The largest absolute Gasteiger partial charge is 0.496 e. The summed E-state index contributed by atoms with van der Waals surface area (Å²) in [5, 5.41) is 5.61. The highest BCUT2D eigenvalue weighted by Crippen LogP contribution is 2.24. The van der Waals surface area contributed by atoms with Crippen LogP contribution in [-0.4, -0.2) is 19.7 Å². The van der Waals surface area contributed by atoms with Gasteiger partial charge in [0, 0.05) is 18.7 Å². The van der Waals surface area contributed by atoms with Gasteiger partial charge >= 0.3 is 6.03 Å². The third kappa shape index (κ3) is 3.95.